The molecule has 23 heavy (non-hydrogen) atoms. The number of nitrogens with zero attached hydrogens (tertiary/aromatic N) is 2. The second kappa shape index (κ2) is 5.67. The molecule has 1 saturated carbocycles. The standard InChI is InChI=1S/C14H14N4O5/c19-13(15-11(14(20)21)5-7-1-2-7)12-9-6-8(18(22)23)3-4-10(9)16-17-12/h3-4,6-7,11H,1-2,5H2,(H,15,19)(H,16,17)(H,20,21). The predicted molar refractivity (Wildman–Crippen MR) is 79.0 cm³/mol. The minimum Gasteiger partial charge on any atom is -0.480 e. The Morgan fingerprint density at radius 1 is 1.48 bits per heavy atom. The Hall–Kier alpha value is -2.97. The zero-order valence-electron chi connectivity index (χ0n) is 12.0. The summed E-state index contributed by atoms with van der Waals surface area (Å²) in [7, 11) is 0. The number of carbonyl (C=O) groups excluding carboxylic acids is 1. The van der Waals surface area contributed by atoms with E-state index >= 15 is 0 Å². The monoisotopic (exact) mass is 318 g/mol. The molecule has 0 radical (unpaired) electrons. The lowest BCUT2D eigenvalue weighted by Gasteiger charge is -2.13. The molecule has 1 aliphatic rings. The number of aromatic nitrogens is 2. The van der Waals surface area contributed by atoms with Crippen LogP contribution in [0, 0.1) is 16.0 Å². The number of H-pyrrole nitrogens is 1. The summed E-state index contributed by atoms with van der Waals surface area (Å²) in [5, 5.41) is 29.2. The maximum Gasteiger partial charge on any atom is 0.326 e. The van der Waals surface area contributed by atoms with E-state index in [0.717, 1.165) is 12.8 Å². The fourth-order valence-electron chi connectivity index (χ4n) is 2.42. The van der Waals surface area contributed by atoms with E-state index in [0.29, 0.717) is 17.9 Å². The lowest BCUT2D eigenvalue weighted by atomic mass is 10.1. The van der Waals surface area contributed by atoms with Crippen molar-refractivity contribution in [3.8, 4) is 0 Å². The summed E-state index contributed by atoms with van der Waals surface area (Å²) in [6.07, 6.45) is 2.32. The molecule has 1 unspecified atom stereocenters. The van der Waals surface area contributed by atoms with Crippen molar-refractivity contribution in [3.05, 3.63) is 34.0 Å². The quantitative estimate of drug-likeness (QED) is 0.544. The number of non-ortho nitro benzene ring substituents is 1. The molecule has 1 heterocycles. The van der Waals surface area contributed by atoms with Crippen LogP contribution in [0.25, 0.3) is 10.9 Å². The molecule has 9 nitrogen and oxygen atoms in total. The number of aromatic amines is 1. The Morgan fingerprint density at radius 2 is 2.22 bits per heavy atom. The maximum atomic E-state index is 12.3. The molecule has 1 amide bonds. The molecule has 0 spiro atoms. The van der Waals surface area contributed by atoms with Crippen LogP contribution >= 0.6 is 0 Å². The fourth-order valence-corrected chi connectivity index (χ4v) is 2.42. The zero-order valence-corrected chi connectivity index (χ0v) is 12.0. The summed E-state index contributed by atoms with van der Waals surface area (Å²) in [6.45, 7) is 0. The van der Waals surface area contributed by atoms with Crippen molar-refractivity contribution in [3.63, 3.8) is 0 Å². The molecule has 3 rings (SSSR count). The Labute approximate surface area is 129 Å². The fraction of sp³-hybridized carbons (Fsp3) is 0.357. The third kappa shape index (κ3) is 3.12. The summed E-state index contributed by atoms with van der Waals surface area (Å²) in [4.78, 5) is 33.8. The van der Waals surface area contributed by atoms with Gasteiger partial charge in [-0.05, 0) is 18.4 Å². The first-order valence-corrected chi connectivity index (χ1v) is 7.12. The molecule has 1 aromatic carbocycles. The number of carboxylic acids is 1. The average Bonchev–Trinajstić information content (AvgIpc) is 3.22. The maximum absolute atomic E-state index is 12.3. The van der Waals surface area contributed by atoms with Crippen LogP contribution in [0.15, 0.2) is 18.2 Å². The van der Waals surface area contributed by atoms with E-state index in [9.17, 15) is 24.8 Å². The lowest BCUT2D eigenvalue weighted by molar-refractivity contribution is -0.384. The molecule has 1 aliphatic carbocycles. The number of benzene rings is 1. The molecule has 9 heteroatoms. The van der Waals surface area contributed by atoms with E-state index in [-0.39, 0.29) is 16.8 Å². The van der Waals surface area contributed by atoms with Gasteiger partial charge in [-0.2, -0.15) is 5.10 Å². The summed E-state index contributed by atoms with van der Waals surface area (Å²) >= 11 is 0. The van der Waals surface area contributed by atoms with Gasteiger partial charge in [0.1, 0.15) is 6.04 Å². The number of hydrogen-bond acceptors (Lipinski definition) is 5. The topological polar surface area (TPSA) is 138 Å². The van der Waals surface area contributed by atoms with Crippen molar-refractivity contribution in [1.29, 1.82) is 0 Å². The predicted octanol–water partition coefficient (Wildman–Crippen LogP) is 1.45. The molecule has 3 N–H and O–H groups in total. The number of fused-ring (bicyclic) bond motifs is 1. The number of aliphatic carboxylic acids is 1. The number of amides is 1. The molecular weight excluding hydrogens is 304 g/mol. The largest absolute Gasteiger partial charge is 0.480 e. The Kier molecular flexibility index (Phi) is 3.68. The van der Waals surface area contributed by atoms with E-state index in [1.54, 1.807) is 0 Å². The van der Waals surface area contributed by atoms with Crippen LogP contribution in [0.5, 0.6) is 0 Å². The first-order chi connectivity index (χ1) is 11.0. The van der Waals surface area contributed by atoms with E-state index in [1.165, 1.54) is 18.2 Å². The van der Waals surface area contributed by atoms with Gasteiger partial charge in [-0.3, -0.25) is 20.0 Å². The van der Waals surface area contributed by atoms with Gasteiger partial charge in [-0.1, -0.05) is 12.8 Å². The highest BCUT2D eigenvalue weighted by Gasteiger charge is 2.31. The van der Waals surface area contributed by atoms with Crippen molar-refractivity contribution in [2.75, 3.05) is 0 Å². The van der Waals surface area contributed by atoms with Crippen LogP contribution in [0.3, 0.4) is 0 Å². The summed E-state index contributed by atoms with van der Waals surface area (Å²) in [5.41, 5.74) is 0.251. The first-order valence-electron chi connectivity index (χ1n) is 7.12. The smallest absolute Gasteiger partial charge is 0.326 e. The number of nitro groups is 1. The van der Waals surface area contributed by atoms with Gasteiger partial charge >= 0.3 is 5.97 Å². The van der Waals surface area contributed by atoms with Crippen molar-refractivity contribution in [1.82, 2.24) is 15.5 Å². The molecule has 120 valence electrons. The minimum atomic E-state index is -1.10. The van der Waals surface area contributed by atoms with Crippen molar-refractivity contribution >= 4 is 28.5 Å². The Morgan fingerprint density at radius 3 is 2.83 bits per heavy atom. The van der Waals surface area contributed by atoms with Gasteiger partial charge < -0.3 is 10.4 Å². The third-order valence-corrected chi connectivity index (χ3v) is 3.84. The normalized spacial score (nSPS) is 15.3. The van der Waals surface area contributed by atoms with Crippen molar-refractivity contribution in [2.45, 2.75) is 25.3 Å². The summed E-state index contributed by atoms with van der Waals surface area (Å²) in [5.74, 6) is -1.44. The van der Waals surface area contributed by atoms with Crippen molar-refractivity contribution in [2.24, 2.45) is 5.92 Å². The van der Waals surface area contributed by atoms with E-state index in [1.807, 2.05) is 0 Å². The molecule has 0 saturated heterocycles. The second-order valence-electron chi connectivity index (χ2n) is 5.60. The minimum absolute atomic E-state index is 0.0502. The SMILES string of the molecule is O=C(NC(CC1CC1)C(=O)O)c1n[nH]c2ccc([N+](=O)[O-])cc12. The second-order valence-corrected chi connectivity index (χ2v) is 5.60. The number of carbonyl (C=O) groups is 2. The average molecular weight is 318 g/mol. The lowest BCUT2D eigenvalue weighted by Crippen LogP contribution is -2.41. The van der Waals surface area contributed by atoms with E-state index < -0.39 is 22.8 Å². The highest BCUT2D eigenvalue weighted by molar-refractivity contribution is 6.06. The van der Waals surface area contributed by atoms with Gasteiger partial charge in [0.25, 0.3) is 11.6 Å². The highest BCUT2D eigenvalue weighted by atomic mass is 16.6. The van der Waals surface area contributed by atoms with Crippen LogP contribution in [-0.2, 0) is 4.79 Å². The molecule has 1 aromatic heterocycles. The summed E-state index contributed by atoms with van der Waals surface area (Å²) in [6, 6.07) is 3.01. The van der Waals surface area contributed by atoms with E-state index in [4.69, 9.17) is 0 Å². The Bertz CT molecular complexity index is 796. The summed E-state index contributed by atoms with van der Waals surface area (Å²) < 4.78 is 0. The number of carboxylic acid groups (broad SMARTS) is 1. The molecule has 0 bridgehead atoms. The van der Waals surface area contributed by atoms with Crippen LogP contribution in [0.1, 0.15) is 29.8 Å². The zero-order chi connectivity index (χ0) is 16.6. The molecular formula is C14H14N4O5. The van der Waals surface area contributed by atoms with Gasteiger partial charge in [0.15, 0.2) is 5.69 Å². The van der Waals surface area contributed by atoms with E-state index in [2.05, 4.69) is 15.5 Å². The number of rotatable bonds is 6. The molecule has 2 aromatic rings. The molecule has 1 fully saturated rings. The van der Waals surface area contributed by atoms with Crippen LogP contribution in [0.4, 0.5) is 5.69 Å². The van der Waals surface area contributed by atoms with Gasteiger partial charge in [0.05, 0.1) is 10.4 Å². The highest BCUT2D eigenvalue weighted by Crippen LogP contribution is 2.33. The number of nitro benzene ring substituents is 1. The Balaban J connectivity index is 1.85. The first kappa shape index (κ1) is 14.9. The van der Waals surface area contributed by atoms with Crippen LogP contribution in [-0.4, -0.2) is 38.1 Å². The molecule has 1 atom stereocenters. The van der Waals surface area contributed by atoms with Gasteiger partial charge in [-0.25, -0.2) is 4.79 Å². The van der Waals surface area contributed by atoms with Gasteiger partial charge in [0.2, 0.25) is 0 Å². The van der Waals surface area contributed by atoms with Crippen LogP contribution < -0.4 is 5.32 Å². The number of nitrogens with one attached hydrogen (secondary N) is 2. The number of hydrogen-bond donors (Lipinski definition) is 3. The van der Waals surface area contributed by atoms with Crippen molar-refractivity contribution < 1.29 is 19.6 Å². The third-order valence-electron chi connectivity index (χ3n) is 3.84. The van der Waals surface area contributed by atoms with Gasteiger partial charge in [0, 0.05) is 17.5 Å². The van der Waals surface area contributed by atoms with Crippen LogP contribution in [0.2, 0.25) is 0 Å². The molecule has 0 aliphatic heterocycles. The van der Waals surface area contributed by atoms with Gasteiger partial charge in [-0.15, -0.1) is 0 Å².